The number of benzene rings is 1. The van der Waals surface area contributed by atoms with Crippen LogP contribution < -0.4 is 15.2 Å². The Morgan fingerprint density at radius 2 is 1.91 bits per heavy atom. The highest BCUT2D eigenvalue weighted by molar-refractivity contribution is 5.91. The minimum Gasteiger partial charge on any atom is -0.493 e. The van der Waals surface area contributed by atoms with E-state index < -0.39 is 0 Å². The van der Waals surface area contributed by atoms with Gasteiger partial charge >= 0.3 is 0 Å². The number of nitrogens with two attached hydrogens (primary N) is 1. The third kappa shape index (κ3) is 1.94. The first-order valence-corrected chi connectivity index (χ1v) is 7.59. The molecule has 3 aromatic rings. The molecule has 0 saturated heterocycles. The topological polar surface area (TPSA) is 75.2 Å². The molecule has 0 amide bonds. The molecule has 0 saturated carbocycles. The molecule has 0 aliphatic heterocycles. The van der Waals surface area contributed by atoms with Crippen molar-refractivity contribution >= 4 is 16.9 Å². The summed E-state index contributed by atoms with van der Waals surface area (Å²) in [5.41, 5.74) is 11.5. The van der Waals surface area contributed by atoms with Gasteiger partial charge in [0.25, 0.3) is 0 Å². The van der Waals surface area contributed by atoms with E-state index in [0.717, 1.165) is 36.0 Å². The number of methoxy groups -OCH3 is 2. The maximum atomic E-state index is 6.15. The Balaban J connectivity index is 2.03. The Kier molecular flexibility index (Phi) is 3.11. The average Bonchev–Trinajstić information content (AvgIpc) is 3.16. The van der Waals surface area contributed by atoms with Crippen LogP contribution in [0.25, 0.3) is 16.7 Å². The summed E-state index contributed by atoms with van der Waals surface area (Å²) < 4.78 is 12.9. The largest absolute Gasteiger partial charge is 0.493 e. The lowest BCUT2D eigenvalue weighted by molar-refractivity contribution is 0.355. The monoisotopic (exact) mass is 310 g/mol. The van der Waals surface area contributed by atoms with Gasteiger partial charge in [0.2, 0.25) is 0 Å². The van der Waals surface area contributed by atoms with E-state index in [1.165, 1.54) is 17.6 Å². The number of ether oxygens (including phenoxy) is 2. The van der Waals surface area contributed by atoms with Crippen molar-refractivity contribution in [3.05, 3.63) is 35.8 Å². The van der Waals surface area contributed by atoms with Crippen LogP contribution >= 0.6 is 0 Å². The average molecular weight is 310 g/mol. The molecule has 2 N–H and O–H groups in total. The van der Waals surface area contributed by atoms with Gasteiger partial charge in [0, 0.05) is 17.4 Å². The van der Waals surface area contributed by atoms with Gasteiger partial charge in [0.1, 0.15) is 11.8 Å². The van der Waals surface area contributed by atoms with Gasteiger partial charge in [-0.25, -0.2) is 9.97 Å². The van der Waals surface area contributed by atoms with E-state index in [9.17, 15) is 0 Å². The molecule has 1 aliphatic rings. The lowest BCUT2D eigenvalue weighted by atomic mass is 10.2. The number of hydrogen-bond acceptors (Lipinski definition) is 5. The molecule has 0 radical (unpaired) electrons. The summed E-state index contributed by atoms with van der Waals surface area (Å²) in [5.74, 6) is 1.89. The summed E-state index contributed by atoms with van der Waals surface area (Å²) in [6.45, 7) is 0. The Hall–Kier alpha value is -2.76. The zero-order valence-corrected chi connectivity index (χ0v) is 13.2. The third-order valence-corrected chi connectivity index (χ3v) is 4.44. The first-order valence-electron chi connectivity index (χ1n) is 7.59. The highest BCUT2D eigenvalue weighted by atomic mass is 16.5. The van der Waals surface area contributed by atoms with Crippen molar-refractivity contribution in [1.82, 2.24) is 14.5 Å². The minimum absolute atomic E-state index is 0.499. The highest BCUT2D eigenvalue weighted by Gasteiger charge is 2.25. The summed E-state index contributed by atoms with van der Waals surface area (Å²) in [4.78, 5) is 8.64. The van der Waals surface area contributed by atoms with Crippen LogP contribution in [0.1, 0.15) is 17.7 Å². The van der Waals surface area contributed by atoms with Gasteiger partial charge in [-0.1, -0.05) is 0 Å². The fourth-order valence-corrected chi connectivity index (χ4v) is 3.45. The van der Waals surface area contributed by atoms with Crippen LogP contribution in [0, 0.1) is 0 Å². The minimum atomic E-state index is 0.499. The third-order valence-electron chi connectivity index (χ3n) is 4.44. The molecule has 1 aromatic carbocycles. The van der Waals surface area contributed by atoms with E-state index in [1.807, 2.05) is 18.2 Å². The van der Waals surface area contributed by atoms with Crippen molar-refractivity contribution in [3.8, 4) is 17.2 Å². The van der Waals surface area contributed by atoms with Gasteiger partial charge < -0.3 is 19.8 Å². The van der Waals surface area contributed by atoms with Crippen molar-refractivity contribution in [2.24, 2.45) is 0 Å². The molecule has 2 aromatic heterocycles. The summed E-state index contributed by atoms with van der Waals surface area (Å²) in [5, 5.41) is 0. The summed E-state index contributed by atoms with van der Waals surface area (Å²) in [6.07, 6.45) is 4.72. The fraction of sp³-hybridized carbons (Fsp3) is 0.294. The van der Waals surface area contributed by atoms with Gasteiger partial charge in [0.15, 0.2) is 17.3 Å². The van der Waals surface area contributed by atoms with Crippen LogP contribution in [0.15, 0.2) is 24.5 Å². The summed E-state index contributed by atoms with van der Waals surface area (Å²) >= 11 is 0. The van der Waals surface area contributed by atoms with Crippen LogP contribution in [0.4, 0.5) is 5.82 Å². The van der Waals surface area contributed by atoms with Crippen LogP contribution in [0.2, 0.25) is 0 Å². The molecule has 6 nitrogen and oxygen atoms in total. The van der Waals surface area contributed by atoms with Gasteiger partial charge in [0.05, 0.1) is 19.7 Å². The Morgan fingerprint density at radius 3 is 2.70 bits per heavy atom. The predicted molar refractivity (Wildman–Crippen MR) is 88.4 cm³/mol. The van der Waals surface area contributed by atoms with Crippen molar-refractivity contribution in [2.75, 3.05) is 20.0 Å². The standard InChI is InChI=1S/C17H18N4O2/c1-22-13-7-6-10(8-14(13)23-2)21-12-5-3-4-11(12)15-16(21)17(18)20-9-19-15/h6-9H,3-5H2,1-2H3,(H2,18,19,20). The molecule has 0 bridgehead atoms. The lowest BCUT2D eigenvalue weighted by Crippen LogP contribution is -2.03. The maximum Gasteiger partial charge on any atom is 0.162 e. The molecular formula is C17H18N4O2. The van der Waals surface area contributed by atoms with E-state index in [-0.39, 0.29) is 0 Å². The molecule has 1 aliphatic carbocycles. The number of nitrogen functional groups attached to an aromatic ring is 1. The van der Waals surface area contributed by atoms with Crippen molar-refractivity contribution in [3.63, 3.8) is 0 Å². The molecule has 0 spiro atoms. The predicted octanol–water partition coefficient (Wildman–Crippen LogP) is 2.51. The number of aromatic nitrogens is 3. The van der Waals surface area contributed by atoms with Crippen LogP contribution in [0.5, 0.6) is 11.5 Å². The van der Waals surface area contributed by atoms with Crippen molar-refractivity contribution in [2.45, 2.75) is 19.3 Å². The molecule has 0 atom stereocenters. The van der Waals surface area contributed by atoms with Gasteiger partial charge in [-0.15, -0.1) is 0 Å². The zero-order chi connectivity index (χ0) is 16.0. The van der Waals surface area contributed by atoms with E-state index in [4.69, 9.17) is 15.2 Å². The molecule has 23 heavy (non-hydrogen) atoms. The van der Waals surface area contributed by atoms with Crippen LogP contribution in [-0.4, -0.2) is 28.8 Å². The number of hydrogen-bond donors (Lipinski definition) is 1. The van der Waals surface area contributed by atoms with E-state index in [1.54, 1.807) is 14.2 Å². The normalized spacial score (nSPS) is 13.3. The van der Waals surface area contributed by atoms with E-state index in [2.05, 4.69) is 14.5 Å². The Labute approximate surface area is 133 Å². The highest BCUT2D eigenvalue weighted by Crippen LogP contribution is 2.38. The van der Waals surface area contributed by atoms with Gasteiger partial charge in [-0.2, -0.15) is 0 Å². The van der Waals surface area contributed by atoms with E-state index in [0.29, 0.717) is 17.3 Å². The number of aryl methyl sites for hydroxylation is 1. The smallest absolute Gasteiger partial charge is 0.162 e. The first-order chi connectivity index (χ1) is 11.2. The number of rotatable bonds is 3. The quantitative estimate of drug-likeness (QED) is 0.804. The Bertz CT molecular complexity index is 901. The fourth-order valence-electron chi connectivity index (χ4n) is 3.45. The van der Waals surface area contributed by atoms with Crippen LogP contribution in [0.3, 0.4) is 0 Å². The van der Waals surface area contributed by atoms with Crippen molar-refractivity contribution in [1.29, 1.82) is 0 Å². The van der Waals surface area contributed by atoms with Crippen LogP contribution in [-0.2, 0) is 12.8 Å². The molecule has 118 valence electrons. The summed E-state index contributed by atoms with van der Waals surface area (Å²) in [6, 6.07) is 5.87. The first kappa shape index (κ1) is 13.9. The lowest BCUT2D eigenvalue weighted by Gasteiger charge is -2.13. The van der Waals surface area contributed by atoms with Crippen molar-refractivity contribution < 1.29 is 9.47 Å². The van der Waals surface area contributed by atoms with E-state index >= 15 is 0 Å². The second kappa shape index (κ2) is 5.15. The number of anilines is 1. The second-order valence-electron chi connectivity index (χ2n) is 5.61. The molecule has 4 rings (SSSR count). The molecule has 2 heterocycles. The van der Waals surface area contributed by atoms with Gasteiger partial charge in [-0.05, 0) is 37.0 Å². The zero-order valence-electron chi connectivity index (χ0n) is 13.2. The number of fused-ring (bicyclic) bond motifs is 3. The number of nitrogens with zero attached hydrogens (tertiary/aromatic N) is 3. The molecular weight excluding hydrogens is 292 g/mol. The SMILES string of the molecule is COc1ccc(-n2c3c(c4ncnc(N)c42)CCC3)cc1OC. The Morgan fingerprint density at radius 1 is 1.09 bits per heavy atom. The second-order valence-corrected chi connectivity index (χ2v) is 5.61. The molecule has 0 fully saturated rings. The summed E-state index contributed by atoms with van der Waals surface area (Å²) in [7, 11) is 3.27. The van der Waals surface area contributed by atoms with Gasteiger partial charge in [-0.3, -0.25) is 0 Å². The maximum absolute atomic E-state index is 6.15. The molecule has 0 unspecified atom stereocenters. The molecule has 6 heteroatoms.